The van der Waals surface area contributed by atoms with Gasteiger partial charge < -0.3 is 0 Å². The molecule has 0 radical (unpaired) electrons. The number of rotatable bonds is 5. The van der Waals surface area contributed by atoms with Crippen LogP contribution in [-0.4, -0.2) is 22.7 Å². The summed E-state index contributed by atoms with van der Waals surface area (Å²) in [5.74, 6) is 0. The third-order valence-electron chi connectivity index (χ3n) is 2.39. The highest BCUT2D eigenvalue weighted by Gasteiger charge is 2.53. The van der Waals surface area contributed by atoms with E-state index in [1.54, 1.807) is 6.92 Å². The van der Waals surface area contributed by atoms with Crippen LogP contribution in [0.1, 0.15) is 25.3 Å². The second-order valence-corrected chi connectivity index (χ2v) is 3.76. The van der Waals surface area contributed by atoms with Crippen molar-refractivity contribution in [3.63, 3.8) is 0 Å². The highest BCUT2D eigenvalue weighted by Crippen LogP contribution is 2.39. The Balaban J connectivity index is 3.03. The van der Waals surface area contributed by atoms with Gasteiger partial charge >= 0.3 is 12.3 Å². The zero-order chi connectivity index (χ0) is 13.8. The highest BCUT2D eigenvalue weighted by atomic mass is 19.4. The van der Waals surface area contributed by atoms with E-state index in [1.807, 2.05) is 0 Å². The summed E-state index contributed by atoms with van der Waals surface area (Å²) in [4.78, 5) is 2.67. The Bertz CT molecular complexity index is 363. The van der Waals surface area contributed by atoms with Crippen LogP contribution in [0.4, 0.5) is 22.0 Å². The van der Waals surface area contributed by atoms with Crippen LogP contribution in [0.2, 0.25) is 0 Å². The number of hydrogen-bond acceptors (Lipinski definition) is 2. The number of aromatic nitrogens is 1. The fourth-order valence-electron chi connectivity index (χ4n) is 1.44. The van der Waals surface area contributed by atoms with Gasteiger partial charge in [0.1, 0.15) is 0 Å². The van der Waals surface area contributed by atoms with E-state index in [4.69, 9.17) is 0 Å². The molecule has 0 unspecified atom stereocenters. The number of pyridine rings is 1. The van der Waals surface area contributed by atoms with Crippen molar-refractivity contribution in [2.45, 2.75) is 32.1 Å². The summed E-state index contributed by atoms with van der Waals surface area (Å²) in [5, 5.41) is 0. The van der Waals surface area contributed by atoms with Gasteiger partial charge in [-0.25, -0.2) is 0 Å². The molecule has 0 saturated carbocycles. The van der Waals surface area contributed by atoms with E-state index in [-0.39, 0.29) is 6.42 Å². The molecule has 0 aromatic carbocycles. The molecule has 1 aromatic heterocycles. The number of nitrogens with zero attached hydrogens (tertiary/aromatic N) is 2. The van der Waals surface area contributed by atoms with Gasteiger partial charge in [0.25, 0.3) is 0 Å². The van der Waals surface area contributed by atoms with Crippen molar-refractivity contribution in [1.29, 1.82) is 0 Å². The zero-order valence-corrected chi connectivity index (χ0v) is 9.71. The van der Waals surface area contributed by atoms with Crippen molar-refractivity contribution in [2.75, 3.05) is 6.54 Å². The maximum atomic E-state index is 13.8. The molecule has 0 aliphatic rings. The molecule has 0 aliphatic carbocycles. The lowest BCUT2D eigenvalue weighted by Gasteiger charge is -2.32. The van der Waals surface area contributed by atoms with E-state index in [2.05, 4.69) is 4.98 Å². The van der Waals surface area contributed by atoms with Crippen LogP contribution in [0.25, 0.3) is 0 Å². The third-order valence-corrected chi connectivity index (χ3v) is 2.39. The second kappa shape index (κ2) is 5.60. The quantitative estimate of drug-likeness (QED) is 0.597. The third kappa shape index (κ3) is 3.38. The predicted octanol–water partition coefficient (Wildman–Crippen LogP) is 3.75. The summed E-state index contributed by atoms with van der Waals surface area (Å²) in [6.45, 7) is 0.888. The number of unbranched alkanes of at least 4 members (excludes halogenated alkanes) is 1. The number of alkyl halides is 5. The Morgan fingerprint density at radius 3 is 2.33 bits per heavy atom. The summed E-state index contributed by atoms with van der Waals surface area (Å²) in [7, 11) is 0. The van der Waals surface area contributed by atoms with Gasteiger partial charge in [0, 0.05) is 18.9 Å². The SMILES string of the molecule is CCCCN(C(F)(F)F)C(F)(F)c1cccnc1. The normalized spacial score (nSPS) is 13.1. The monoisotopic (exact) mass is 268 g/mol. The molecule has 0 fully saturated rings. The van der Waals surface area contributed by atoms with Gasteiger partial charge in [-0.15, -0.1) is 4.90 Å². The van der Waals surface area contributed by atoms with Gasteiger partial charge in [-0.1, -0.05) is 13.3 Å². The topological polar surface area (TPSA) is 16.1 Å². The first-order valence-electron chi connectivity index (χ1n) is 5.43. The summed E-state index contributed by atoms with van der Waals surface area (Å²) < 4.78 is 65.6. The molecule has 18 heavy (non-hydrogen) atoms. The first kappa shape index (κ1) is 14.8. The van der Waals surface area contributed by atoms with Crippen LogP contribution in [0.3, 0.4) is 0 Å². The van der Waals surface area contributed by atoms with E-state index < -0.39 is 29.4 Å². The van der Waals surface area contributed by atoms with Gasteiger partial charge in [-0.3, -0.25) is 4.98 Å². The first-order chi connectivity index (χ1) is 8.30. The minimum Gasteiger partial charge on any atom is -0.264 e. The number of hydrogen-bond donors (Lipinski definition) is 0. The molecule has 0 N–H and O–H groups in total. The largest absolute Gasteiger partial charge is 0.464 e. The van der Waals surface area contributed by atoms with Gasteiger partial charge in [0.15, 0.2) is 0 Å². The summed E-state index contributed by atoms with van der Waals surface area (Å²) in [6.07, 6.45) is -2.69. The molecule has 0 aliphatic heterocycles. The van der Waals surface area contributed by atoms with Gasteiger partial charge in [0.05, 0.1) is 5.56 Å². The molecule has 0 saturated heterocycles. The maximum Gasteiger partial charge on any atom is 0.464 e. The molecule has 1 heterocycles. The van der Waals surface area contributed by atoms with Crippen LogP contribution in [0.15, 0.2) is 24.5 Å². The van der Waals surface area contributed by atoms with Gasteiger partial charge in [-0.2, -0.15) is 22.0 Å². The lowest BCUT2D eigenvalue weighted by molar-refractivity contribution is -0.337. The van der Waals surface area contributed by atoms with E-state index >= 15 is 0 Å². The minimum absolute atomic E-state index is 0.0371. The van der Waals surface area contributed by atoms with Gasteiger partial charge in [-0.05, 0) is 18.6 Å². The maximum absolute atomic E-state index is 13.8. The molecule has 0 bridgehead atoms. The first-order valence-corrected chi connectivity index (χ1v) is 5.43. The van der Waals surface area contributed by atoms with E-state index in [0.717, 1.165) is 12.3 Å². The molecule has 7 heteroatoms. The fraction of sp³-hybridized carbons (Fsp3) is 0.545. The predicted molar refractivity (Wildman–Crippen MR) is 55.8 cm³/mol. The lowest BCUT2D eigenvalue weighted by atomic mass is 10.2. The highest BCUT2D eigenvalue weighted by molar-refractivity contribution is 5.14. The summed E-state index contributed by atoms with van der Waals surface area (Å²) in [5.41, 5.74) is -0.765. The Labute approximate surface area is 101 Å². The molecule has 1 rings (SSSR count). The summed E-state index contributed by atoms with van der Waals surface area (Å²) in [6, 6.07) is -2.00. The van der Waals surface area contributed by atoms with E-state index in [9.17, 15) is 22.0 Å². The van der Waals surface area contributed by atoms with Crippen molar-refractivity contribution < 1.29 is 22.0 Å². The molecule has 0 amide bonds. The summed E-state index contributed by atoms with van der Waals surface area (Å²) >= 11 is 0. The van der Waals surface area contributed by atoms with Crippen LogP contribution in [0.5, 0.6) is 0 Å². The van der Waals surface area contributed by atoms with Crippen LogP contribution in [-0.2, 0) is 6.05 Å². The average molecular weight is 268 g/mol. The molecular weight excluding hydrogens is 255 g/mol. The minimum atomic E-state index is -5.09. The molecule has 2 nitrogen and oxygen atoms in total. The smallest absolute Gasteiger partial charge is 0.264 e. The Morgan fingerprint density at radius 1 is 1.22 bits per heavy atom. The lowest BCUT2D eigenvalue weighted by Crippen LogP contribution is -2.49. The van der Waals surface area contributed by atoms with Crippen LogP contribution < -0.4 is 0 Å². The molecular formula is C11H13F5N2. The molecule has 102 valence electrons. The standard InChI is InChI=1S/C11H13F5N2/c1-2-3-7-18(11(14,15)16)10(12,13)9-5-4-6-17-8-9/h4-6,8H,2-3,7H2,1H3. The fourth-order valence-corrected chi connectivity index (χ4v) is 1.44. The molecule has 0 spiro atoms. The van der Waals surface area contributed by atoms with Crippen molar-refractivity contribution in [1.82, 2.24) is 9.88 Å². The number of halogens is 5. The van der Waals surface area contributed by atoms with Crippen LogP contribution >= 0.6 is 0 Å². The van der Waals surface area contributed by atoms with E-state index in [1.165, 1.54) is 12.3 Å². The molecule has 1 aromatic rings. The van der Waals surface area contributed by atoms with Gasteiger partial charge in [0.2, 0.25) is 0 Å². The van der Waals surface area contributed by atoms with Crippen molar-refractivity contribution in [3.8, 4) is 0 Å². The Hall–Kier alpha value is -1.24. The van der Waals surface area contributed by atoms with Crippen molar-refractivity contribution in [3.05, 3.63) is 30.1 Å². The Kier molecular flexibility index (Phi) is 4.61. The zero-order valence-electron chi connectivity index (χ0n) is 9.71. The van der Waals surface area contributed by atoms with Crippen LogP contribution in [0, 0.1) is 0 Å². The molecule has 0 atom stereocenters. The van der Waals surface area contributed by atoms with Crippen molar-refractivity contribution >= 4 is 0 Å². The van der Waals surface area contributed by atoms with Crippen molar-refractivity contribution in [2.24, 2.45) is 0 Å². The second-order valence-electron chi connectivity index (χ2n) is 3.76. The van der Waals surface area contributed by atoms with E-state index in [0.29, 0.717) is 6.42 Å². The Morgan fingerprint density at radius 2 is 1.89 bits per heavy atom. The average Bonchev–Trinajstić information content (AvgIpc) is 2.28.